The highest BCUT2D eigenvalue weighted by Gasteiger charge is 2.08. The van der Waals surface area contributed by atoms with Crippen LogP contribution in [0.15, 0.2) is 66.7 Å². The number of halogens is 1. The molecule has 0 fully saturated rings. The summed E-state index contributed by atoms with van der Waals surface area (Å²) in [4.78, 5) is 10.8. The highest BCUT2D eigenvalue weighted by Crippen LogP contribution is 2.29. The van der Waals surface area contributed by atoms with Crippen LogP contribution in [-0.2, 0) is 6.61 Å². The Bertz CT molecular complexity index is 857. The van der Waals surface area contributed by atoms with E-state index in [9.17, 15) is 4.79 Å². The van der Waals surface area contributed by atoms with E-state index < -0.39 is 0 Å². The number of hydrogen-bond donors (Lipinski definition) is 0. The minimum atomic E-state index is 0.423. The molecule has 3 rings (SSSR count). The zero-order valence-corrected chi connectivity index (χ0v) is 14.1. The molecule has 0 spiro atoms. The SMILES string of the molecule is Cc1c(COc2ccc(C=O)cc2Cl)cccc1-c1ccccc1. The van der Waals surface area contributed by atoms with Crippen molar-refractivity contribution in [3.8, 4) is 16.9 Å². The van der Waals surface area contributed by atoms with Crippen molar-refractivity contribution >= 4 is 17.9 Å². The van der Waals surface area contributed by atoms with Gasteiger partial charge in [-0.1, -0.05) is 60.1 Å². The predicted molar refractivity (Wildman–Crippen MR) is 97.8 cm³/mol. The standard InChI is InChI=1S/C21H17ClO2/c1-15-18(8-5-9-19(15)17-6-3-2-4-7-17)14-24-21-11-10-16(13-23)12-20(21)22/h2-13H,14H2,1H3. The van der Waals surface area contributed by atoms with E-state index in [0.717, 1.165) is 11.8 Å². The number of carbonyl (C=O) groups is 1. The van der Waals surface area contributed by atoms with Gasteiger partial charge >= 0.3 is 0 Å². The van der Waals surface area contributed by atoms with Crippen LogP contribution in [-0.4, -0.2) is 6.29 Å². The normalized spacial score (nSPS) is 10.4. The molecule has 2 nitrogen and oxygen atoms in total. The lowest BCUT2D eigenvalue weighted by Crippen LogP contribution is -2.00. The van der Waals surface area contributed by atoms with Gasteiger partial charge in [0.15, 0.2) is 0 Å². The Morgan fingerprint density at radius 3 is 2.50 bits per heavy atom. The second-order valence-corrected chi connectivity index (χ2v) is 5.96. The third kappa shape index (κ3) is 3.50. The maximum atomic E-state index is 10.8. The summed E-state index contributed by atoms with van der Waals surface area (Å²) in [5.74, 6) is 0.576. The number of benzene rings is 3. The summed E-state index contributed by atoms with van der Waals surface area (Å²) in [6, 6.07) is 21.5. The van der Waals surface area contributed by atoms with Crippen LogP contribution in [0, 0.1) is 6.92 Å². The molecule has 0 unspecified atom stereocenters. The van der Waals surface area contributed by atoms with E-state index in [2.05, 4.69) is 31.2 Å². The number of rotatable bonds is 5. The Balaban J connectivity index is 1.83. The minimum Gasteiger partial charge on any atom is -0.487 e. The van der Waals surface area contributed by atoms with Crippen molar-refractivity contribution in [2.75, 3.05) is 0 Å². The lowest BCUT2D eigenvalue weighted by Gasteiger charge is -2.13. The molecular weight excluding hydrogens is 320 g/mol. The van der Waals surface area contributed by atoms with Crippen LogP contribution in [0.2, 0.25) is 5.02 Å². The summed E-state index contributed by atoms with van der Waals surface area (Å²) in [7, 11) is 0. The van der Waals surface area contributed by atoms with Gasteiger partial charge in [-0.2, -0.15) is 0 Å². The monoisotopic (exact) mass is 336 g/mol. The fourth-order valence-electron chi connectivity index (χ4n) is 2.63. The molecule has 0 aliphatic heterocycles. The lowest BCUT2D eigenvalue weighted by atomic mass is 9.97. The molecule has 0 radical (unpaired) electrons. The number of ether oxygens (including phenoxy) is 1. The summed E-state index contributed by atoms with van der Waals surface area (Å²) < 4.78 is 5.85. The van der Waals surface area contributed by atoms with Gasteiger partial charge in [0.1, 0.15) is 18.6 Å². The van der Waals surface area contributed by atoms with Gasteiger partial charge in [-0.25, -0.2) is 0 Å². The molecule has 0 heterocycles. The molecule has 120 valence electrons. The van der Waals surface area contributed by atoms with E-state index in [1.807, 2.05) is 24.3 Å². The second kappa shape index (κ2) is 7.33. The Morgan fingerprint density at radius 1 is 1.00 bits per heavy atom. The number of hydrogen-bond acceptors (Lipinski definition) is 2. The molecule has 0 saturated heterocycles. The fourth-order valence-corrected chi connectivity index (χ4v) is 2.88. The molecule has 0 aliphatic rings. The van der Waals surface area contributed by atoms with Gasteiger partial charge in [-0.3, -0.25) is 4.79 Å². The smallest absolute Gasteiger partial charge is 0.150 e. The Hall–Kier alpha value is -2.58. The van der Waals surface area contributed by atoms with E-state index in [4.69, 9.17) is 16.3 Å². The molecule has 0 bridgehead atoms. The van der Waals surface area contributed by atoms with Gasteiger partial charge < -0.3 is 4.74 Å². The van der Waals surface area contributed by atoms with Gasteiger partial charge in [0.2, 0.25) is 0 Å². The van der Waals surface area contributed by atoms with Crippen LogP contribution in [0.5, 0.6) is 5.75 Å². The Morgan fingerprint density at radius 2 is 1.79 bits per heavy atom. The highest BCUT2D eigenvalue weighted by atomic mass is 35.5. The van der Waals surface area contributed by atoms with E-state index >= 15 is 0 Å². The zero-order chi connectivity index (χ0) is 16.9. The van der Waals surface area contributed by atoms with E-state index in [-0.39, 0.29) is 0 Å². The Labute approximate surface area is 146 Å². The van der Waals surface area contributed by atoms with Gasteiger partial charge in [0.05, 0.1) is 5.02 Å². The molecule has 3 heteroatoms. The molecule has 3 aromatic rings. The van der Waals surface area contributed by atoms with Crippen molar-refractivity contribution in [1.29, 1.82) is 0 Å². The van der Waals surface area contributed by atoms with Crippen molar-refractivity contribution in [2.45, 2.75) is 13.5 Å². The second-order valence-electron chi connectivity index (χ2n) is 5.55. The van der Waals surface area contributed by atoms with Gasteiger partial charge in [-0.15, -0.1) is 0 Å². The van der Waals surface area contributed by atoms with Crippen LogP contribution in [0.1, 0.15) is 21.5 Å². The quantitative estimate of drug-likeness (QED) is 0.558. The first-order valence-corrected chi connectivity index (χ1v) is 8.08. The summed E-state index contributed by atoms with van der Waals surface area (Å²) in [6.07, 6.45) is 0.767. The maximum Gasteiger partial charge on any atom is 0.150 e. The van der Waals surface area contributed by atoms with Crippen molar-refractivity contribution in [3.05, 3.63) is 88.4 Å². The first kappa shape index (κ1) is 16.3. The summed E-state index contributed by atoms with van der Waals surface area (Å²) in [5, 5.41) is 0.441. The van der Waals surface area contributed by atoms with Gasteiger partial charge in [0.25, 0.3) is 0 Å². The van der Waals surface area contributed by atoms with Crippen molar-refractivity contribution in [1.82, 2.24) is 0 Å². The topological polar surface area (TPSA) is 26.3 Å². The van der Waals surface area contributed by atoms with Crippen LogP contribution < -0.4 is 4.74 Å². The van der Waals surface area contributed by atoms with Gasteiger partial charge in [-0.05, 0) is 47.4 Å². The summed E-state index contributed by atoms with van der Waals surface area (Å²) in [5.41, 5.74) is 5.20. The fraction of sp³-hybridized carbons (Fsp3) is 0.0952. The molecule has 0 atom stereocenters. The first-order chi connectivity index (χ1) is 11.7. The molecule has 0 N–H and O–H groups in total. The average molecular weight is 337 g/mol. The zero-order valence-electron chi connectivity index (χ0n) is 13.3. The molecule has 3 aromatic carbocycles. The molecule has 24 heavy (non-hydrogen) atoms. The molecule has 0 aromatic heterocycles. The molecular formula is C21H17ClO2. The van der Waals surface area contributed by atoms with E-state index in [1.54, 1.807) is 18.2 Å². The largest absolute Gasteiger partial charge is 0.487 e. The lowest BCUT2D eigenvalue weighted by molar-refractivity contribution is 0.112. The van der Waals surface area contributed by atoms with E-state index in [1.165, 1.54) is 16.7 Å². The molecule has 0 aliphatic carbocycles. The van der Waals surface area contributed by atoms with Gasteiger partial charge in [0, 0.05) is 5.56 Å². The predicted octanol–water partition coefficient (Wildman–Crippen LogP) is 5.71. The van der Waals surface area contributed by atoms with Crippen LogP contribution >= 0.6 is 11.6 Å². The van der Waals surface area contributed by atoms with E-state index in [0.29, 0.717) is 22.9 Å². The number of carbonyl (C=O) groups excluding carboxylic acids is 1. The van der Waals surface area contributed by atoms with Crippen molar-refractivity contribution in [2.24, 2.45) is 0 Å². The van der Waals surface area contributed by atoms with Crippen LogP contribution in [0.4, 0.5) is 0 Å². The maximum absolute atomic E-state index is 10.8. The molecule has 0 amide bonds. The first-order valence-electron chi connectivity index (χ1n) is 7.70. The third-order valence-electron chi connectivity index (χ3n) is 4.01. The Kier molecular flexibility index (Phi) is 4.97. The van der Waals surface area contributed by atoms with Crippen molar-refractivity contribution < 1.29 is 9.53 Å². The van der Waals surface area contributed by atoms with Crippen LogP contribution in [0.25, 0.3) is 11.1 Å². The summed E-state index contributed by atoms with van der Waals surface area (Å²) in [6.45, 7) is 2.52. The highest BCUT2D eigenvalue weighted by molar-refractivity contribution is 6.32. The molecule has 0 saturated carbocycles. The third-order valence-corrected chi connectivity index (χ3v) is 4.30. The summed E-state index contributed by atoms with van der Waals surface area (Å²) >= 11 is 6.16. The number of aldehydes is 1. The average Bonchev–Trinajstić information content (AvgIpc) is 2.62. The van der Waals surface area contributed by atoms with Crippen LogP contribution in [0.3, 0.4) is 0 Å². The minimum absolute atomic E-state index is 0.423. The van der Waals surface area contributed by atoms with Crippen molar-refractivity contribution in [3.63, 3.8) is 0 Å².